The Morgan fingerprint density at radius 2 is 1.86 bits per heavy atom. The number of carbonyl (C=O) groups is 3. The van der Waals surface area contributed by atoms with Crippen molar-refractivity contribution in [2.45, 2.75) is 23.1 Å². The normalized spacial score (nSPS) is 20.4. The molecule has 37 heavy (non-hydrogen) atoms. The van der Waals surface area contributed by atoms with Crippen LogP contribution in [0.15, 0.2) is 56.8 Å². The van der Waals surface area contributed by atoms with Crippen LogP contribution in [0.5, 0.6) is 11.5 Å². The van der Waals surface area contributed by atoms with Crippen LogP contribution in [-0.4, -0.2) is 48.3 Å². The van der Waals surface area contributed by atoms with E-state index in [-0.39, 0.29) is 29.9 Å². The highest BCUT2D eigenvalue weighted by Gasteiger charge is 2.56. The van der Waals surface area contributed by atoms with Gasteiger partial charge in [0.05, 0.1) is 30.3 Å². The number of nitrogens with one attached hydrogen (secondary N) is 1. The molecule has 2 aliphatic heterocycles. The number of amides is 2. The quantitative estimate of drug-likeness (QED) is 0.318. The number of fused-ring (bicyclic) bond motifs is 2. The van der Waals surface area contributed by atoms with Crippen molar-refractivity contribution in [1.82, 2.24) is 4.98 Å². The van der Waals surface area contributed by atoms with Crippen LogP contribution in [0.1, 0.15) is 23.3 Å². The largest absolute Gasteiger partial charge is 0.497 e. The van der Waals surface area contributed by atoms with Crippen LogP contribution < -0.4 is 19.2 Å². The van der Waals surface area contributed by atoms with E-state index in [1.807, 2.05) is 0 Å². The summed E-state index contributed by atoms with van der Waals surface area (Å²) in [7, 11) is 1.54. The molecule has 0 radical (unpaired) electrons. The third-order valence-electron chi connectivity index (χ3n) is 6.11. The average molecular weight is 605 g/mol. The van der Waals surface area contributed by atoms with E-state index in [9.17, 15) is 19.2 Å². The Morgan fingerprint density at radius 3 is 2.57 bits per heavy atom. The van der Waals surface area contributed by atoms with E-state index in [4.69, 9.17) is 14.2 Å². The number of aromatic amines is 1. The molecular weight excluding hydrogens is 584 g/mol. The lowest BCUT2D eigenvalue weighted by Crippen LogP contribution is -2.32. The molecule has 2 aliphatic rings. The number of esters is 1. The molecule has 3 heterocycles. The lowest BCUT2D eigenvalue weighted by atomic mass is 9.82. The van der Waals surface area contributed by atoms with Gasteiger partial charge < -0.3 is 19.2 Å². The van der Waals surface area contributed by atoms with Crippen molar-refractivity contribution < 1.29 is 28.6 Å². The van der Waals surface area contributed by atoms with Crippen LogP contribution in [0.3, 0.4) is 0 Å². The van der Waals surface area contributed by atoms with Crippen LogP contribution in [0.4, 0.5) is 5.69 Å². The molecule has 0 spiro atoms. The van der Waals surface area contributed by atoms with E-state index in [1.165, 1.54) is 23.8 Å². The zero-order chi connectivity index (χ0) is 26.3. The Morgan fingerprint density at radius 1 is 1.11 bits per heavy atom. The third-order valence-corrected chi connectivity index (χ3v) is 9.01. The molecule has 1 aromatic heterocycles. The Labute approximate surface area is 228 Å². The number of H-pyrrole nitrogens is 1. The summed E-state index contributed by atoms with van der Waals surface area (Å²) in [6.45, 7) is 1.60. The van der Waals surface area contributed by atoms with E-state index in [0.29, 0.717) is 37.1 Å². The first-order valence-electron chi connectivity index (χ1n) is 11.3. The molecule has 192 valence electrons. The molecule has 0 bridgehead atoms. The first-order valence-corrected chi connectivity index (χ1v) is 13.8. The number of thiazole rings is 1. The van der Waals surface area contributed by atoms with Gasteiger partial charge in [-0.1, -0.05) is 39.0 Å². The Bertz CT molecular complexity index is 1440. The molecule has 1 N–H and O–H groups in total. The molecule has 9 nitrogen and oxygen atoms in total. The van der Waals surface area contributed by atoms with Gasteiger partial charge in [0, 0.05) is 20.8 Å². The lowest BCUT2D eigenvalue weighted by molar-refractivity contribution is -0.145. The second-order valence-electron chi connectivity index (χ2n) is 8.24. The number of rotatable bonds is 7. The number of aromatic nitrogens is 1. The van der Waals surface area contributed by atoms with Gasteiger partial charge in [0.15, 0.2) is 6.61 Å². The van der Waals surface area contributed by atoms with Gasteiger partial charge in [-0.15, -0.1) is 0 Å². The monoisotopic (exact) mass is 604 g/mol. The highest BCUT2D eigenvalue weighted by molar-refractivity contribution is 9.10. The van der Waals surface area contributed by atoms with Gasteiger partial charge in [0.2, 0.25) is 11.8 Å². The van der Waals surface area contributed by atoms with Crippen LogP contribution in [0.2, 0.25) is 0 Å². The van der Waals surface area contributed by atoms with Crippen molar-refractivity contribution in [2.75, 3.05) is 25.2 Å². The van der Waals surface area contributed by atoms with Crippen molar-refractivity contribution in [3.8, 4) is 11.5 Å². The molecule has 0 aliphatic carbocycles. The van der Waals surface area contributed by atoms with E-state index < -0.39 is 23.1 Å². The Hall–Kier alpha value is -3.09. The summed E-state index contributed by atoms with van der Waals surface area (Å²) >= 11 is 5.67. The Balaban J connectivity index is 1.59. The summed E-state index contributed by atoms with van der Waals surface area (Å²) in [6, 6.07) is 11.9. The summed E-state index contributed by atoms with van der Waals surface area (Å²) < 4.78 is 16.7. The van der Waals surface area contributed by atoms with Crippen molar-refractivity contribution in [3.05, 3.63) is 67.0 Å². The molecular formula is C25H21BrN2O7S2. The van der Waals surface area contributed by atoms with Gasteiger partial charge in [0.1, 0.15) is 16.7 Å². The van der Waals surface area contributed by atoms with Gasteiger partial charge in [-0.3, -0.25) is 14.4 Å². The predicted octanol–water partition coefficient (Wildman–Crippen LogP) is 3.95. The maximum atomic E-state index is 13.9. The van der Waals surface area contributed by atoms with Crippen molar-refractivity contribution in [1.29, 1.82) is 0 Å². The van der Waals surface area contributed by atoms with Crippen molar-refractivity contribution >= 4 is 62.5 Å². The minimum atomic E-state index is -0.794. The summed E-state index contributed by atoms with van der Waals surface area (Å²) in [5, 5.41) is -0.204. The molecule has 5 rings (SSSR count). The fourth-order valence-corrected chi connectivity index (χ4v) is 7.46. The van der Waals surface area contributed by atoms with Crippen LogP contribution in [0, 0.1) is 5.92 Å². The number of benzene rings is 2. The van der Waals surface area contributed by atoms with E-state index in [2.05, 4.69) is 20.9 Å². The molecule has 0 unspecified atom stereocenters. The minimum absolute atomic E-state index is 0.220. The highest BCUT2D eigenvalue weighted by atomic mass is 79.9. The summed E-state index contributed by atoms with van der Waals surface area (Å²) in [6.07, 6.45) is 0. The zero-order valence-electron chi connectivity index (χ0n) is 19.7. The second kappa shape index (κ2) is 10.3. The second-order valence-corrected chi connectivity index (χ2v) is 11.3. The molecule has 2 aromatic carbocycles. The summed E-state index contributed by atoms with van der Waals surface area (Å²) in [5.41, 5.74) is 1.03. The molecule has 3 aromatic rings. The predicted molar refractivity (Wildman–Crippen MR) is 142 cm³/mol. The number of hydrogen-bond acceptors (Lipinski definition) is 9. The van der Waals surface area contributed by atoms with Crippen molar-refractivity contribution in [3.63, 3.8) is 0 Å². The zero-order valence-corrected chi connectivity index (χ0v) is 22.9. The first-order chi connectivity index (χ1) is 17.8. The number of thioether (sulfide) groups is 1. The summed E-state index contributed by atoms with van der Waals surface area (Å²) in [5.74, 6) is -1.75. The summed E-state index contributed by atoms with van der Waals surface area (Å²) in [4.78, 5) is 56.2. The van der Waals surface area contributed by atoms with Gasteiger partial charge in [0.25, 0.3) is 0 Å². The van der Waals surface area contributed by atoms with Gasteiger partial charge in [-0.05, 0) is 49.4 Å². The molecule has 1 saturated heterocycles. The number of imide groups is 1. The van der Waals surface area contributed by atoms with Crippen molar-refractivity contribution in [2.24, 2.45) is 5.92 Å². The lowest BCUT2D eigenvalue weighted by Gasteiger charge is -2.31. The van der Waals surface area contributed by atoms with Gasteiger partial charge in [-0.2, -0.15) is 0 Å². The van der Waals surface area contributed by atoms with Gasteiger partial charge >= 0.3 is 10.8 Å². The topological polar surface area (TPSA) is 115 Å². The standard InChI is InChI=1S/C25H21BrN2O7S2/c1-3-34-17(29)11-35-16-9-4-12(26)10-15(16)18-19-21(36-22-20(18)37-25(32)27-22)24(31)28(23(19)30)13-5-7-14(33-2)8-6-13/h4-10,18-19,21H,3,11H2,1-2H3,(H,27,32)/t18-,19-,21+/m0/s1. The molecule has 12 heteroatoms. The fraction of sp³-hybridized carbons (Fsp3) is 0.280. The maximum Gasteiger partial charge on any atom is 0.344 e. The van der Waals surface area contributed by atoms with Crippen LogP contribution >= 0.6 is 39.0 Å². The number of ether oxygens (including phenoxy) is 3. The van der Waals surface area contributed by atoms with E-state index in [1.54, 1.807) is 49.4 Å². The third kappa shape index (κ3) is 4.69. The first kappa shape index (κ1) is 25.6. The SMILES string of the molecule is CCOC(=O)COc1ccc(Br)cc1[C@@H]1c2sc(=O)[nH]c2S[C@H]2C(=O)N(c3ccc(OC)cc3)C(=O)[C@@H]12. The van der Waals surface area contributed by atoms with Crippen LogP contribution in [0.25, 0.3) is 0 Å². The smallest absolute Gasteiger partial charge is 0.344 e. The molecule has 2 amide bonds. The maximum absolute atomic E-state index is 13.9. The number of methoxy groups -OCH3 is 1. The van der Waals surface area contributed by atoms with Crippen LogP contribution in [-0.2, 0) is 19.1 Å². The minimum Gasteiger partial charge on any atom is -0.497 e. The van der Waals surface area contributed by atoms with E-state index in [0.717, 1.165) is 11.3 Å². The van der Waals surface area contributed by atoms with E-state index >= 15 is 0 Å². The highest BCUT2D eigenvalue weighted by Crippen LogP contribution is 2.54. The number of carbonyl (C=O) groups excluding carboxylic acids is 3. The number of nitrogens with zero attached hydrogens (tertiary/aromatic N) is 1. The number of anilines is 1. The Kier molecular flexibility index (Phi) is 7.15. The molecule has 0 saturated carbocycles. The number of hydrogen-bond donors (Lipinski definition) is 1. The molecule has 3 atom stereocenters. The fourth-order valence-electron chi connectivity index (χ4n) is 4.57. The molecule has 1 fully saturated rings. The average Bonchev–Trinajstić information content (AvgIpc) is 3.37. The van der Waals surface area contributed by atoms with Gasteiger partial charge in [-0.25, -0.2) is 9.69 Å². The number of halogens is 1.